The summed E-state index contributed by atoms with van der Waals surface area (Å²) >= 11 is 1.70. The Hall–Kier alpha value is -1.33. The maximum absolute atomic E-state index is 5.93. The van der Waals surface area contributed by atoms with Gasteiger partial charge in [-0.1, -0.05) is 22.9 Å². The number of benzene rings is 1. The molecule has 2 N–H and O–H groups in total. The van der Waals surface area contributed by atoms with Gasteiger partial charge >= 0.3 is 0 Å². The Morgan fingerprint density at radius 3 is 2.84 bits per heavy atom. The number of thioether (sulfide) groups is 1. The standard InChI is InChI=1S/C14H19N3OS/c1-10-5-4-6-11(7-10)19-9-12-16-13(18-17-12)8-14(2,3)15/h4-7H,8-9,15H2,1-3H3. The van der Waals surface area contributed by atoms with Crippen LogP contribution in [0.4, 0.5) is 0 Å². The zero-order chi connectivity index (χ0) is 13.9. The highest BCUT2D eigenvalue weighted by Gasteiger charge is 2.17. The van der Waals surface area contributed by atoms with Gasteiger partial charge in [0.15, 0.2) is 5.82 Å². The number of nitrogens with zero attached hydrogens (tertiary/aromatic N) is 2. The maximum atomic E-state index is 5.93. The molecule has 0 saturated carbocycles. The SMILES string of the molecule is Cc1cccc(SCc2noc(CC(C)(C)N)n2)c1. The second-order valence-electron chi connectivity index (χ2n) is 5.37. The Morgan fingerprint density at radius 1 is 1.37 bits per heavy atom. The van der Waals surface area contributed by atoms with Crippen molar-refractivity contribution in [1.82, 2.24) is 10.1 Å². The summed E-state index contributed by atoms with van der Waals surface area (Å²) in [6.45, 7) is 5.97. The van der Waals surface area contributed by atoms with Gasteiger partial charge in [0.05, 0.1) is 5.75 Å². The zero-order valence-corrected chi connectivity index (χ0v) is 12.3. The molecule has 0 aliphatic rings. The van der Waals surface area contributed by atoms with Crippen molar-refractivity contribution in [3.8, 4) is 0 Å². The summed E-state index contributed by atoms with van der Waals surface area (Å²) in [7, 11) is 0. The first-order valence-electron chi connectivity index (χ1n) is 6.22. The van der Waals surface area contributed by atoms with Crippen LogP contribution in [0.5, 0.6) is 0 Å². The van der Waals surface area contributed by atoms with E-state index < -0.39 is 0 Å². The molecule has 2 rings (SSSR count). The fraction of sp³-hybridized carbons (Fsp3) is 0.429. The van der Waals surface area contributed by atoms with Gasteiger partial charge in [-0.25, -0.2) is 0 Å². The van der Waals surface area contributed by atoms with Crippen molar-refractivity contribution in [2.75, 3.05) is 0 Å². The monoisotopic (exact) mass is 277 g/mol. The average molecular weight is 277 g/mol. The van der Waals surface area contributed by atoms with Gasteiger partial charge in [0.2, 0.25) is 5.89 Å². The van der Waals surface area contributed by atoms with E-state index in [0.29, 0.717) is 23.9 Å². The number of nitrogens with two attached hydrogens (primary N) is 1. The Balaban J connectivity index is 1.93. The minimum Gasteiger partial charge on any atom is -0.339 e. The lowest BCUT2D eigenvalue weighted by atomic mass is 10.0. The lowest BCUT2D eigenvalue weighted by Gasteiger charge is -2.14. The molecule has 1 aromatic carbocycles. The maximum Gasteiger partial charge on any atom is 0.228 e. The van der Waals surface area contributed by atoms with Crippen molar-refractivity contribution < 1.29 is 4.52 Å². The van der Waals surface area contributed by atoms with Crippen LogP contribution in [0.25, 0.3) is 0 Å². The largest absolute Gasteiger partial charge is 0.339 e. The van der Waals surface area contributed by atoms with Crippen molar-refractivity contribution >= 4 is 11.8 Å². The highest BCUT2D eigenvalue weighted by molar-refractivity contribution is 7.98. The lowest BCUT2D eigenvalue weighted by Crippen LogP contribution is -2.34. The van der Waals surface area contributed by atoms with Crippen molar-refractivity contribution in [1.29, 1.82) is 0 Å². The molecule has 0 atom stereocenters. The summed E-state index contributed by atoms with van der Waals surface area (Å²) in [6, 6.07) is 8.37. The van der Waals surface area contributed by atoms with Gasteiger partial charge in [0.25, 0.3) is 0 Å². The average Bonchev–Trinajstić information content (AvgIpc) is 2.72. The molecule has 0 bridgehead atoms. The Morgan fingerprint density at radius 2 is 2.16 bits per heavy atom. The first kappa shape index (κ1) is 14.1. The molecule has 0 saturated heterocycles. The topological polar surface area (TPSA) is 64.9 Å². The summed E-state index contributed by atoms with van der Waals surface area (Å²) in [4.78, 5) is 5.57. The van der Waals surface area contributed by atoms with Crippen molar-refractivity contribution in [3.63, 3.8) is 0 Å². The van der Waals surface area contributed by atoms with Crippen LogP contribution in [0.1, 0.15) is 31.1 Å². The van der Waals surface area contributed by atoms with E-state index in [1.165, 1.54) is 10.5 Å². The van der Waals surface area contributed by atoms with Crippen LogP contribution in [-0.2, 0) is 12.2 Å². The molecular formula is C14H19N3OS. The van der Waals surface area contributed by atoms with Crippen LogP contribution in [0.15, 0.2) is 33.7 Å². The van der Waals surface area contributed by atoms with Gasteiger partial charge in [0, 0.05) is 16.9 Å². The molecule has 0 unspecified atom stereocenters. The summed E-state index contributed by atoms with van der Waals surface area (Å²) in [6.07, 6.45) is 0.592. The van der Waals surface area contributed by atoms with Crippen LogP contribution in [0, 0.1) is 6.92 Å². The molecule has 4 nitrogen and oxygen atoms in total. The summed E-state index contributed by atoms with van der Waals surface area (Å²) < 4.78 is 5.20. The first-order chi connectivity index (χ1) is 8.92. The molecule has 5 heteroatoms. The van der Waals surface area contributed by atoms with Gasteiger partial charge < -0.3 is 10.3 Å². The lowest BCUT2D eigenvalue weighted by molar-refractivity contribution is 0.345. The molecular weight excluding hydrogens is 258 g/mol. The fourth-order valence-corrected chi connectivity index (χ4v) is 2.52. The van der Waals surface area contributed by atoms with Gasteiger partial charge in [0.1, 0.15) is 0 Å². The van der Waals surface area contributed by atoms with E-state index >= 15 is 0 Å². The van der Waals surface area contributed by atoms with E-state index in [-0.39, 0.29) is 5.54 Å². The Kier molecular flexibility index (Phi) is 4.27. The van der Waals surface area contributed by atoms with E-state index in [1.807, 2.05) is 13.8 Å². The number of hydrogen-bond donors (Lipinski definition) is 1. The molecule has 1 heterocycles. The van der Waals surface area contributed by atoms with E-state index in [2.05, 4.69) is 41.3 Å². The molecule has 0 aliphatic carbocycles. The van der Waals surface area contributed by atoms with Gasteiger partial charge in [-0.05, 0) is 32.9 Å². The number of aryl methyl sites for hydroxylation is 1. The molecule has 2 aromatic rings. The fourth-order valence-electron chi connectivity index (χ4n) is 1.66. The van der Waals surface area contributed by atoms with Crippen molar-refractivity contribution in [2.24, 2.45) is 5.73 Å². The summed E-state index contributed by atoms with van der Waals surface area (Å²) in [5.41, 5.74) is 6.85. The van der Waals surface area contributed by atoms with Crippen LogP contribution >= 0.6 is 11.8 Å². The third-order valence-electron chi connectivity index (χ3n) is 2.47. The van der Waals surface area contributed by atoms with E-state index in [4.69, 9.17) is 10.3 Å². The zero-order valence-electron chi connectivity index (χ0n) is 11.5. The third-order valence-corrected chi connectivity index (χ3v) is 3.46. The molecule has 1 aromatic heterocycles. The van der Waals surface area contributed by atoms with Crippen LogP contribution in [0.2, 0.25) is 0 Å². The van der Waals surface area contributed by atoms with Gasteiger partial charge in [-0.3, -0.25) is 0 Å². The van der Waals surface area contributed by atoms with E-state index in [1.54, 1.807) is 11.8 Å². The molecule has 102 valence electrons. The number of aromatic nitrogens is 2. The smallest absolute Gasteiger partial charge is 0.228 e. The van der Waals surface area contributed by atoms with Crippen molar-refractivity contribution in [3.05, 3.63) is 41.5 Å². The normalized spacial score (nSPS) is 11.8. The minimum absolute atomic E-state index is 0.326. The van der Waals surface area contributed by atoms with E-state index in [0.717, 1.165) is 0 Å². The molecule has 0 radical (unpaired) electrons. The molecule has 0 fully saturated rings. The summed E-state index contributed by atoms with van der Waals surface area (Å²) in [5, 5.41) is 3.98. The minimum atomic E-state index is -0.326. The predicted octanol–water partition coefficient (Wildman–Crippen LogP) is 2.95. The number of hydrogen-bond acceptors (Lipinski definition) is 5. The second-order valence-corrected chi connectivity index (χ2v) is 6.42. The summed E-state index contributed by atoms with van der Waals surface area (Å²) in [5.74, 6) is 2.02. The van der Waals surface area contributed by atoms with E-state index in [9.17, 15) is 0 Å². The van der Waals surface area contributed by atoms with Gasteiger partial charge in [-0.15, -0.1) is 11.8 Å². The molecule has 0 aliphatic heterocycles. The first-order valence-corrected chi connectivity index (χ1v) is 7.21. The van der Waals surface area contributed by atoms with Gasteiger partial charge in [-0.2, -0.15) is 4.98 Å². The van der Waals surface area contributed by atoms with Crippen LogP contribution in [0.3, 0.4) is 0 Å². The predicted molar refractivity (Wildman–Crippen MR) is 77.0 cm³/mol. The number of rotatable bonds is 5. The molecule has 19 heavy (non-hydrogen) atoms. The Labute approximate surface area is 117 Å². The highest BCUT2D eigenvalue weighted by Crippen LogP contribution is 2.22. The second kappa shape index (κ2) is 5.75. The van der Waals surface area contributed by atoms with Crippen LogP contribution < -0.4 is 5.73 Å². The molecule has 0 amide bonds. The highest BCUT2D eigenvalue weighted by atomic mass is 32.2. The quantitative estimate of drug-likeness (QED) is 0.851. The molecule has 0 spiro atoms. The Bertz CT molecular complexity index is 546. The van der Waals surface area contributed by atoms with Crippen LogP contribution in [-0.4, -0.2) is 15.7 Å². The third kappa shape index (κ3) is 4.69. The van der Waals surface area contributed by atoms with Crippen molar-refractivity contribution in [2.45, 2.75) is 43.4 Å².